The largest absolute Gasteiger partial charge is 0.450 e. The fourth-order valence-corrected chi connectivity index (χ4v) is 1.03. The van der Waals surface area contributed by atoms with Gasteiger partial charge in [0.15, 0.2) is 0 Å². The molecule has 16 heavy (non-hydrogen) atoms. The maximum Gasteiger partial charge on any atom is 0.407 e. The fourth-order valence-electron chi connectivity index (χ4n) is 1.03. The van der Waals surface area contributed by atoms with Gasteiger partial charge in [-0.15, -0.1) is 0 Å². The van der Waals surface area contributed by atoms with E-state index in [2.05, 4.69) is 10.6 Å². The van der Waals surface area contributed by atoms with Crippen molar-refractivity contribution in [3.63, 3.8) is 0 Å². The Labute approximate surface area is 97.6 Å². The number of aliphatic hydroxyl groups is 1. The third kappa shape index (κ3) is 11.3. The lowest BCUT2D eigenvalue weighted by Crippen LogP contribution is -2.41. The van der Waals surface area contributed by atoms with E-state index in [-0.39, 0.29) is 18.2 Å². The van der Waals surface area contributed by atoms with Crippen LogP contribution in [0.1, 0.15) is 33.6 Å². The summed E-state index contributed by atoms with van der Waals surface area (Å²) in [6.07, 6.45) is 1.16. The highest BCUT2D eigenvalue weighted by Gasteiger charge is 2.13. The van der Waals surface area contributed by atoms with Crippen molar-refractivity contribution in [2.45, 2.75) is 39.2 Å². The Balaban J connectivity index is 3.28. The maximum atomic E-state index is 11.2. The summed E-state index contributed by atoms with van der Waals surface area (Å²) in [6.45, 7) is 7.93. The first-order valence-electron chi connectivity index (χ1n) is 5.72. The normalized spacial score (nSPS) is 11.2. The standard InChI is InChI=1S/C11H24N2O3/c1-11(2,3)13-10(15)16-9-5-7-12-6-4-8-14/h12,14H,4-9H2,1-3H3,(H,13,15). The Hall–Kier alpha value is -0.810. The number of aliphatic hydroxyl groups excluding tert-OH is 1. The second kappa shape index (κ2) is 8.35. The Kier molecular flexibility index (Phi) is 7.93. The topological polar surface area (TPSA) is 70.6 Å². The van der Waals surface area contributed by atoms with Crippen LogP contribution in [0, 0.1) is 0 Å². The molecule has 96 valence electrons. The highest BCUT2D eigenvalue weighted by atomic mass is 16.5. The number of alkyl carbamates (subject to hydrolysis) is 1. The SMILES string of the molecule is CC(C)(C)NC(=O)OCCCNCCCO. The molecule has 0 aliphatic heterocycles. The van der Waals surface area contributed by atoms with Crippen molar-refractivity contribution < 1.29 is 14.6 Å². The number of nitrogens with one attached hydrogen (secondary N) is 2. The molecule has 1 amide bonds. The van der Waals surface area contributed by atoms with Gasteiger partial charge in [0.25, 0.3) is 0 Å². The minimum absolute atomic E-state index is 0.206. The molecule has 0 radical (unpaired) electrons. The van der Waals surface area contributed by atoms with Crippen LogP contribution >= 0.6 is 0 Å². The van der Waals surface area contributed by atoms with Crippen LogP contribution in [0.4, 0.5) is 4.79 Å². The fraction of sp³-hybridized carbons (Fsp3) is 0.909. The van der Waals surface area contributed by atoms with E-state index in [0.29, 0.717) is 6.61 Å². The van der Waals surface area contributed by atoms with Crippen molar-refractivity contribution in [3.8, 4) is 0 Å². The number of amides is 1. The number of ether oxygens (including phenoxy) is 1. The van der Waals surface area contributed by atoms with Crippen molar-refractivity contribution in [2.75, 3.05) is 26.3 Å². The molecular formula is C11H24N2O3. The van der Waals surface area contributed by atoms with E-state index in [4.69, 9.17) is 9.84 Å². The Bertz CT molecular complexity index is 190. The van der Waals surface area contributed by atoms with Gasteiger partial charge in [-0.1, -0.05) is 0 Å². The molecule has 0 aromatic rings. The Morgan fingerprint density at radius 1 is 1.25 bits per heavy atom. The van der Waals surface area contributed by atoms with E-state index in [1.807, 2.05) is 20.8 Å². The third-order valence-electron chi connectivity index (χ3n) is 1.72. The number of carbonyl (C=O) groups excluding carboxylic acids is 1. The summed E-state index contributed by atoms with van der Waals surface area (Å²) in [5, 5.41) is 14.4. The van der Waals surface area contributed by atoms with Gasteiger partial charge in [-0.25, -0.2) is 4.79 Å². The lowest BCUT2D eigenvalue weighted by atomic mass is 10.1. The molecule has 0 heterocycles. The number of hydrogen-bond acceptors (Lipinski definition) is 4. The molecule has 0 unspecified atom stereocenters. The Morgan fingerprint density at radius 2 is 1.88 bits per heavy atom. The van der Waals surface area contributed by atoms with Gasteiger partial charge in [0.2, 0.25) is 0 Å². The van der Waals surface area contributed by atoms with Crippen molar-refractivity contribution in [1.82, 2.24) is 10.6 Å². The number of hydrogen-bond donors (Lipinski definition) is 3. The summed E-state index contributed by atoms with van der Waals surface area (Å²) in [6, 6.07) is 0. The van der Waals surface area contributed by atoms with Crippen molar-refractivity contribution in [1.29, 1.82) is 0 Å². The first-order chi connectivity index (χ1) is 7.45. The maximum absolute atomic E-state index is 11.2. The molecule has 0 saturated heterocycles. The molecule has 0 aromatic heterocycles. The van der Waals surface area contributed by atoms with E-state index in [1.54, 1.807) is 0 Å². The summed E-state index contributed by atoms with van der Waals surface area (Å²) in [4.78, 5) is 11.2. The smallest absolute Gasteiger partial charge is 0.407 e. The van der Waals surface area contributed by atoms with Crippen LogP contribution in [-0.4, -0.2) is 43.0 Å². The second-order valence-electron chi connectivity index (χ2n) is 4.69. The van der Waals surface area contributed by atoms with Gasteiger partial charge in [0, 0.05) is 12.1 Å². The monoisotopic (exact) mass is 232 g/mol. The summed E-state index contributed by atoms with van der Waals surface area (Å²) < 4.78 is 4.99. The first-order valence-corrected chi connectivity index (χ1v) is 5.72. The third-order valence-corrected chi connectivity index (χ3v) is 1.72. The molecule has 5 nitrogen and oxygen atoms in total. The zero-order chi connectivity index (χ0) is 12.4. The van der Waals surface area contributed by atoms with Gasteiger partial charge in [-0.05, 0) is 46.7 Å². The zero-order valence-corrected chi connectivity index (χ0v) is 10.5. The molecular weight excluding hydrogens is 208 g/mol. The second-order valence-corrected chi connectivity index (χ2v) is 4.69. The number of rotatable bonds is 7. The lowest BCUT2D eigenvalue weighted by Gasteiger charge is -2.19. The molecule has 0 rings (SSSR count). The predicted octanol–water partition coefficient (Wildman–Crippen LogP) is 0.873. The molecule has 0 bridgehead atoms. The van der Waals surface area contributed by atoms with Gasteiger partial charge in [-0.3, -0.25) is 0 Å². The van der Waals surface area contributed by atoms with Gasteiger partial charge >= 0.3 is 6.09 Å². The van der Waals surface area contributed by atoms with Crippen LogP contribution in [0.2, 0.25) is 0 Å². The van der Waals surface area contributed by atoms with E-state index < -0.39 is 0 Å². The van der Waals surface area contributed by atoms with Crippen LogP contribution in [-0.2, 0) is 4.74 Å². The molecule has 0 aromatic carbocycles. The molecule has 0 saturated carbocycles. The van der Waals surface area contributed by atoms with Crippen molar-refractivity contribution in [3.05, 3.63) is 0 Å². The van der Waals surface area contributed by atoms with E-state index in [1.165, 1.54) is 0 Å². The molecule has 0 spiro atoms. The summed E-state index contributed by atoms with van der Waals surface area (Å²) in [7, 11) is 0. The van der Waals surface area contributed by atoms with E-state index in [9.17, 15) is 4.79 Å². The summed E-state index contributed by atoms with van der Waals surface area (Å²) in [5.41, 5.74) is -0.254. The van der Waals surface area contributed by atoms with Gasteiger partial charge in [-0.2, -0.15) is 0 Å². The average molecular weight is 232 g/mol. The summed E-state index contributed by atoms with van der Waals surface area (Å²) in [5.74, 6) is 0. The van der Waals surface area contributed by atoms with E-state index >= 15 is 0 Å². The first kappa shape index (κ1) is 15.2. The van der Waals surface area contributed by atoms with Crippen molar-refractivity contribution >= 4 is 6.09 Å². The molecule has 3 N–H and O–H groups in total. The minimum atomic E-state index is -0.372. The minimum Gasteiger partial charge on any atom is -0.450 e. The van der Waals surface area contributed by atoms with Gasteiger partial charge < -0.3 is 20.5 Å². The summed E-state index contributed by atoms with van der Waals surface area (Å²) >= 11 is 0. The van der Waals surface area contributed by atoms with Crippen LogP contribution in [0.15, 0.2) is 0 Å². The molecule has 5 heteroatoms. The average Bonchev–Trinajstić information content (AvgIpc) is 2.13. The predicted molar refractivity (Wildman–Crippen MR) is 63.4 cm³/mol. The zero-order valence-electron chi connectivity index (χ0n) is 10.5. The number of carbonyl (C=O) groups is 1. The molecule has 0 fully saturated rings. The Morgan fingerprint density at radius 3 is 2.44 bits per heavy atom. The van der Waals surface area contributed by atoms with Crippen molar-refractivity contribution in [2.24, 2.45) is 0 Å². The highest BCUT2D eigenvalue weighted by Crippen LogP contribution is 1.98. The van der Waals surface area contributed by atoms with Gasteiger partial charge in [0.1, 0.15) is 0 Å². The van der Waals surface area contributed by atoms with E-state index in [0.717, 1.165) is 25.9 Å². The highest BCUT2D eigenvalue weighted by molar-refractivity contribution is 5.67. The quantitative estimate of drug-likeness (QED) is 0.570. The molecule has 0 aliphatic rings. The van der Waals surface area contributed by atoms with Crippen LogP contribution in [0.25, 0.3) is 0 Å². The van der Waals surface area contributed by atoms with Crippen LogP contribution in [0.3, 0.4) is 0 Å². The molecule has 0 aliphatic carbocycles. The lowest BCUT2D eigenvalue weighted by molar-refractivity contribution is 0.136. The van der Waals surface area contributed by atoms with Gasteiger partial charge in [0.05, 0.1) is 6.61 Å². The van der Waals surface area contributed by atoms with Crippen LogP contribution in [0.5, 0.6) is 0 Å². The van der Waals surface area contributed by atoms with Crippen LogP contribution < -0.4 is 10.6 Å². The molecule has 0 atom stereocenters.